The van der Waals surface area contributed by atoms with Gasteiger partial charge in [-0.3, -0.25) is 4.90 Å². The fourth-order valence-electron chi connectivity index (χ4n) is 9.21. The molecule has 0 aromatic heterocycles. The molecule has 1 aromatic carbocycles. The molecule has 1 aromatic rings. The molecule has 1 N–H and O–H groups in total. The predicted molar refractivity (Wildman–Crippen MR) is 106 cm³/mol. The van der Waals surface area contributed by atoms with E-state index in [4.69, 9.17) is 0 Å². The van der Waals surface area contributed by atoms with Crippen LogP contribution in [0.3, 0.4) is 0 Å². The lowest BCUT2D eigenvalue weighted by Crippen LogP contribution is -2.69. The Hall–Kier alpha value is -1.06. The van der Waals surface area contributed by atoms with E-state index in [0.717, 1.165) is 29.8 Å². The average molecular weight is 365 g/mol. The molecule has 27 heavy (non-hydrogen) atoms. The minimum Gasteiger partial charge on any atom is -0.508 e. The van der Waals surface area contributed by atoms with Gasteiger partial charge in [-0.2, -0.15) is 0 Å². The molecule has 4 aliphatic carbocycles. The number of piperidine rings is 1. The van der Waals surface area contributed by atoms with Gasteiger partial charge in [0.25, 0.3) is 0 Å². The van der Waals surface area contributed by atoms with Crippen LogP contribution in [0.25, 0.3) is 0 Å². The van der Waals surface area contributed by atoms with Crippen molar-refractivity contribution >= 4 is 0 Å². The minimum absolute atomic E-state index is 0.336. The summed E-state index contributed by atoms with van der Waals surface area (Å²) in [4.78, 5) is 5.63. The van der Waals surface area contributed by atoms with Crippen molar-refractivity contribution in [1.29, 1.82) is 0 Å². The Morgan fingerprint density at radius 2 is 2.07 bits per heavy atom. The van der Waals surface area contributed by atoms with E-state index >= 15 is 0 Å². The van der Waals surface area contributed by atoms with Gasteiger partial charge in [-0.25, -0.2) is 0 Å². The topological polar surface area (TPSA) is 26.7 Å². The SMILES string of the molecule is CN1C[C@H]2CC34CCC1C2C31CCN(CC2CC2)C4Cc2ccc(O)cc21. The smallest absolute Gasteiger partial charge is 0.115 e. The second kappa shape index (κ2) is 4.91. The number of likely N-dealkylation sites (tertiary alicyclic amines) is 2. The van der Waals surface area contributed by atoms with Gasteiger partial charge in [0, 0.05) is 30.6 Å². The molecule has 2 aliphatic heterocycles. The maximum absolute atomic E-state index is 10.4. The zero-order valence-electron chi connectivity index (χ0n) is 16.5. The number of nitrogens with zero attached hydrogens (tertiary/aromatic N) is 2. The van der Waals surface area contributed by atoms with Gasteiger partial charge in [0.1, 0.15) is 5.75 Å². The molecule has 2 saturated heterocycles. The first-order valence-electron chi connectivity index (χ1n) is 11.4. The molecule has 144 valence electrons. The summed E-state index contributed by atoms with van der Waals surface area (Å²) in [7, 11) is 2.37. The minimum atomic E-state index is 0.336. The first kappa shape index (κ1) is 15.8. The number of phenols is 1. The number of hydrogen-bond acceptors (Lipinski definition) is 3. The standard InChI is InChI=1S/C24H32N2O/c1-25-14-17-12-23-7-6-20(25)22(17)24(23)8-9-26(13-15-2-3-15)21(23)10-16-4-5-18(27)11-19(16)24/h4-5,11,15,17,20-22,27H,2-3,6-10,12-14H2,1H3/t17-,20?,21?,22?,23?,24?/m1/s1. The Morgan fingerprint density at radius 3 is 2.93 bits per heavy atom. The van der Waals surface area contributed by atoms with Crippen LogP contribution in [0.5, 0.6) is 5.75 Å². The van der Waals surface area contributed by atoms with Crippen LogP contribution in [0.15, 0.2) is 18.2 Å². The Kier molecular flexibility index (Phi) is 2.88. The summed E-state index contributed by atoms with van der Waals surface area (Å²) < 4.78 is 0. The molecule has 0 spiro atoms. The number of hydrogen-bond donors (Lipinski definition) is 1. The predicted octanol–water partition coefficient (Wildman–Crippen LogP) is 3.40. The fourth-order valence-corrected chi connectivity index (χ4v) is 9.21. The molecule has 6 aliphatic rings. The monoisotopic (exact) mass is 364 g/mol. The van der Waals surface area contributed by atoms with Crippen molar-refractivity contribution in [3.8, 4) is 5.75 Å². The molecule has 2 heterocycles. The van der Waals surface area contributed by atoms with E-state index in [1.54, 1.807) is 11.1 Å². The maximum atomic E-state index is 10.4. The highest BCUT2D eigenvalue weighted by molar-refractivity contribution is 5.50. The van der Waals surface area contributed by atoms with Crippen LogP contribution >= 0.6 is 0 Å². The van der Waals surface area contributed by atoms with Crippen LogP contribution in [-0.2, 0) is 11.8 Å². The first-order valence-corrected chi connectivity index (χ1v) is 11.4. The molecule has 5 fully saturated rings. The summed E-state index contributed by atoms with van der Waals surface area (Å²) in [5.74, 6) is 3.17. The number of fused-ring (bicyclic) bond motifs is 1. The molecule has 7 rings (SSSR count). The summed E-state index contributed by atoms with van der Waals surface area (Å²) in [5.41, 5.74) is 3.94. The molecule has 6 atom stereocenters. The van der Waals surface area contributed by atoms with Crippen LogP contribution in [0, 0.1) is 23.2 Å². The maximum Gasteiger partial charge on any atom is 0.115 e. The van der Waals surface area contributed by atoms with Gasteiger partial charge in [-0.1, -0.05) is 6.07 Å². The fraction of sp³-hybridized carbons (Fsp3) is 0.750. The Bertz CT molecular complexity index is 819. The van der Waals surface area contributed by atoms with Crippen molar-refractivity contribution in [3.63, 3.8) is 0 Å². The zero-order chi connectivity index (χ0) is 18.0. The van der Waals surface area contributed by atoms with Crippen LogP contribution in [0.1, 0.15) is 49.7 Å². The lowest BCUT2D eigenvalue weighted by molar-refractivity contribution is -0.103. The van der Waals surface area contributed by atoms with E-state index in [1.807, 2.05) is 6.07 Å². The van der Waals surface area contributed by atoms with Crippen LogP contribution in [-0.4, -0.2) is 53.7 Å². The second-order valence-electron chi connectivity index (χ2n) is 10.9. The quantitative estimate of drug-likeness (QED) is 0.871. The second-order valence-corrected chi connectivity index (χ2v) is 10.9. The number of benzene rings is 1. The van der Waals surface area contributed by atoms with Crippen molar-refractivity contribution in [1.82, 2.24) is 9.80 Å². The average Bonchev–Trinajstić information content (AvgIpc) is 3.36. The number of aromatic hydroxyl groups is 1. The van der Waals surface area contributed by atoms with Gasteiger partial charge in [-0.05, 0) is 105 Å². The summed E-state index contributed by atoms with van der Waals surface area (Å²) in [6.07, 6.45) is 9.74. The highest BCUT2D eigenvalue weighted by Crippen LogP contribution is 2.75. The summed E-state index contributed by atoms with van der Waals surface area (Å²) in [5, 5.41) is 10.4. The van der Waals surface area contributed by atoms with Crippen molar-refractivity contribution < 1.29 is 5.11 Å². The van der Waals surface area contributed by atoms with Crippen LogP contribution in [0.4, 0.5) is 0 Å². The molecule has 0 radical (unpaired) electrons. The van der Waals surface area contributed by atoms with Gasteiger partial charge in [0.2, 0.25) is 0 Å². The van der Waals surface area contributed by atoms with E-state index in [-0.39, 0.29) is 0 Å². The van der Waals surface area contributed by atoms with E-state index in [2.05, 4.69) is 29.0 Å². The van der Waals surface area contributed by atoms with Crippen LogP contribution in [0.2, 0.25) is 0 Å². The van der Waals surface area contributed by atoms with E-state index in [1.165, 1.54) is 64.6 Å². The molecule has 3 nitrogen and oxygen atoms in total. The third-order valence-corrected chi connectivity index (χ3v) is 10.0. The van der Waals surface area contributed by atoms with Gasteiger partial charge >= 0.3 is 0 Å². The largest absolute Gasteiger partial charge is 0.508 e. The van der Waals surface area contributed by atoms with E-state index < -0.39 is 0 Å². The summed E-state index contributed by atoms with van der Waals surface area (Å²) >= 11 is 0. The highest BCUT2D eigenvalue weighted by atomic mass is 16.3. The third-order valence-electron chi connectivity index (χ3n) is 10.0. The Morgan fingerprint density at radius 1 is 1.19 bits per heavy atom. The van der Waals surface area contributed by atoms with Crippen LogP contribution < -0.4 is 0 Å². The van der Waals surface area contributed by atoms with Gasteiger partial charge in [-0.15, -0.1) is 0 Å². The van der Waals surface area contributed by atoms with Gasteiger partial charge < -0.3 is 10.0 Å². The molecule has 3 heteroatoms. The molecular weight excluding hydrogens is 332 g/mol. The normalized spacial score (nSPS) is 47.7. The van der Waals surface area contributed by atoms with Gasteiger partial charge in [0.05, 0.1) is 0 Å². The van der Waals surface area contributed by atoms with E-state index in [9.17, 15) is 5.11 Å². The lowest BCUT2D eigenvalue weighted by Gasteiger charge is -2.66. The number of rotatable bonds is 2. The molecule has 5 unspecified atom stereocenters. The molecule has 3 saturated carbocycles. The van der Waals surface area contributed by atoms with Crippen molar-refractivity contribution in [2.75, 3.05) is 26.7 Å². The van der Waals surface area contributed by atoms with Crippen molar-refractivity contribution in [3.05, 3.63) is 29.3 Å². The zero-order valence-corrected chi connectivity index (χ0v) is 16.5. The third kappa shape index (κ3) is 1.74. The lowest BCUT2D eigenvalue weighted by atomic mass is 9.43. The van der Waals surface area contributed by atoms with E-state index in [0.29, 0.717) is 16.6 Å². The molecule has 4 bridgehead atoms. The molecular formula is C24H32N2O. The summed E-state index contributed by atoms with van der Waals surface area (Å²) in [6.45, 7) is 3.95. The van der Waals surface area contributed by atoms with Crippen molar-refractivity contribution in [2.24, 2.45) is 23.2 Å². The first-order chi connectivity index (χ1) is 13.1. The van der Waals surface area contributed by atoms with Crippen molar-refractivity contribution in [2.45, 2.75) is 62.4 Å². The highest BCUT2D eigenvalue weighted by Gasteiger charge is 2.75. The Balaban J connectivity index is 1.45. The van der Waals surface area contributed by atoms with Gasteiger partial charge in [0.15, 0.2) is 0 Å². The number of phenolic OH excluding ortho intramolecular Hbond substituents is 1. The summed E-state index contributed by atoms with van der Waals surface area (Å²) in [6, 6.07) is 7.93. The Labute approximate surface area is 162 Å². The molecule has 0 amide bonds.